The number of hydrogen-bond donors (Lipinski definition) is 1. The molecule has 3 heteroatoms. The van der Waals surface area contributed by atoms with Crippen LogP contribution in [0, 0.1) is 18.8 Å². The Bertz CT molecular complexity index is 524. The van der Waals surface area contributed by atoms with Crippen molar-refractivity contribution in [1.29, 1.82) is 0 Å². The molecule has 0 saturated carbocycles. The van der Waals surface area contributed by atoms with E-state index in [2.05, 4.69) is 18.8 Å². The largest absolute Gasteiger partial charge is 0.384 e. The maximum Gasteiger partial charge on any atom is 0.255 e. The molecule has 1 N–H and O–H groups in total. The van der Waals surface area contributed by atoms with E-state index in [1.54, 1.807) is 0 Å². The minimum atomic E-state index is -0.204. The molecular formula is C17H23NO2. The van der Waals surface area contributed by atoms with E-state index in [0.717, 1.165) is 18.5 Å². The van der Waals surface area contributed by atoms with Gasteiger partial charge in [0.05, 0.1) is 5.56 Å². The third kappa shape index (κ3) is 4.11. The molecule has 0 aromatic heterocycles. The SMILES string of the molecule is CCCN(C(=O)c1ccc(C)cc1C#CCO)C(C)C. The van der Waals surface area contributed by atoms with Crippen LogP contribution in [0.15, 0.2) is 18.2 Å². The summed E-state index contributed by atoms with van der Waals surface area (Å²) in [5.41, 5.74) is 2.35. The summed E-state index contributed by atoms with van der Waals surface area (Å²) in [4.78, 5) is 14.5. The molecule has 0 bridgehead atoms. The number of amides is 1. The normalized spacial score (nSPS) is 10.1. The fraction of sp³-hybridized carbons (Fsp3) is 0.471. The first-order chi connectivity index (χ1) is 9.51. The van der Waals surface area contributed by atoms with Gasteiger partial charge in [-0.1, -0.05) is 24.8 Å². The number of carbonyl (C=O) groups is 1. The number of aliphatic hydroxyl groups is 1. The van der Waals surface area contributed by atoms with Crippen molar-refractivity contribution in [2.24, 2.45) is 0 Å². The fourth-order valence-corrected chi connectivity index (χ4v) is 2.07. The maximum atomic E-state index is 12.7. The minimum Gasteiger partial charge on any atom is -0.384 e. The second-order valence-electron chi connectivity index (χ2n) is 5.10. The molecule has 0 radical (unpaired) electrons. The van der Waals surface area contributed by atoms with Crippen LogP contribution >= 0.6 is 0 Å². The number of rotatable bonds is 4. The maximum absolute atomic E-state index is 12.7. The van der Waals surface area contributed by atoms with Crippen LogP contribution in [-0.2, 0) is 0 Å². The van der Waals surface area contributed by atoms with Gasteiger partial charge in [-0.25, -0.2) is 0 Å². The monoisotopic (exact) mass is 273 g/mol. The Balaban J connectivity index is 3.20. The van der Waals surface area contributed by atoms with E-state index in [9.17, 15) is 4.79 Å². The first kappa shape index (κ1) is 16.3. The summed E-state index contributed by atoms with van der Waals surface area (Å²) >= 11 is 0. The highest BCUT2D eigenvalue weighted by atomic mass is 16.2. The predicted octanol–water partition coefficient (Wildman–Crippen LogP) is 2.60. The number of hydrogen-bond acceptors (Lipinski definition) is 2. The third-order valence-corrected chi connectivity index (χ3v) is 3.06. The van der Waals surface area contributed by atoms with Crippen molar-refractivity contribution in [3.05, 3.63) is 34.9 Å². The van der Waals surface area contributed by atoms with Crippen molar-refractivity contribution in [2.75, 3.05) is 13.2 Å². The molecule has 108 valence electrons. The van der Waals surface area contributed by atoms with Gasteiger partial charge in [0.25, 0.3) is 5.91 Å². The molecule has 0 heterocycles. The topological polar surface area (TPSA) is 40.5 Å². The summed E-state index contributed by atoms with van der Waals surface area (Å²) in [6.45, 7) is 8.58. The fourth-order valence-electron chi connectivity index (χ4n) is 2.07. The molecule has 1 aromatic carbocycles. The van der Waals surface area contributed by atoms with Crippen LogP contribution in [0.2, 0.25) is 0 Å². The lowest BCUT2D eigenvalue weighted by Gasteiger charge is -2.27. The summed E-state index contributed by atoms with van der Waals surface area (Å²) in [5, 5.41) is 8.84. The van der Waals surface area contributed by atoms with E-state index < -0.39 is 0 Å². The van der Waals surface area contributed by atoms with Gasteiger partial charge in [0.2, 0.25) is 0 Å². The molecule has 1 amide bonds. The van der Waals surface area contributed by atoms with Gasteiger partial charge in [0.1, 0.15) is 6.61 Å². The number of benzene rings is 1. The molecule has 20 heavy (non-hydrogen) atoms. The molecule has 0 aliphatic rings. The highest BCUT2D eigenvalue weighted by Crippen LogP contribution is 2.15. The van der Waals surface area contributed by atoms with Gasteiger partial charge in [0.15, 0.2) is 0 Å². The van der Waals surface area contributed by atoms with E-state index >= 15 is 0 Å². The second kappa shape index (κ2) is 7.72. The average Bonchev–Trinajstić information content (AvgIpc) is 2.41. The van der Waals surface area contributed by atoms with Crippen LogP contribution in [-0.4, -0.2) is 35.1 Å². The van der Waals surface area contributed by atoms with Crippen molar-refractivity contribution >= 4 is 5.91 Å². The standard InChI is InChI=1S/C17H23NO2/c1-5-10-18(13(2)3)17(20)16-9-8-14(4)12-15(16)7-6-11-19/h8-9,12-13,19H,5,10-11H2,1-4H3. The molecule has 1 aromatic rings. The van der Waals surface area contributed by atoms with E-state index in [-0.39, 0.29) is 18.6 Å². The molecule has 0 saturated heterocycles. The zero-order chi connectivity index (χ0) is 15.1. The molecule has 0 aliphatic heterocycles. The van der Waals surface area contributed by atoms with Crippen molar-refractivity contribution < 1.29 is 9.90 Å². The van der Waals surface area contributed by atoms with E-state index in [1.165, 1.54) is 0 Å². The number of aryl methyl sites for hydroxylation is 1. The Hall–Kier alpha value is -1.79. The van der Waals surface area contributed by atoms with Crippen LogP contribution < -0.4 is 0 Å². The highest BCUT2D eigenvalue weighted by Gasteiger charge is 2.20. The lowest BCUT2D eigenvalue weighted by Crippen LogP contribution is -2.37. The number of carbonyl (C=O) groups excluding carboxylic acids is 1. The van der Waals surface area contributed by atoms with Gasteiger partial charge < -0.3 is 10.0 Å². The van der Waals surface area contributed by atoms with Gasteiger partial charge in [0, 0.05) is 18.2 Å². The quantitative estimate of drug-likeness (QED) is 0.857. The minimum absolute atomic E-state index is 0.00379. The Morgan fingerprint density at radius 1 is 1.40 bits per heavy atom. The summed E-state index contributed by atoms with van der Waals surface area (Å²) < 4.78 is 0. The first-order valence-electron chi connectivity index (χ1n) is 7.02. The van der Waals surface area contributed by atoms with Crippen molar-refractivity contribution in [3.63, 3.8) is 0 Å². The summed E-state index contributed by atoms with van der Waals surface area (Å²) in [7, 11) is 0. The summed E-state index contributed by atoms with van der Waals surface area (Å²) in [6, 6.07) is 5.79. The van der Waals surface area contributed by atoms with Crippen LogP contribution in [0.25, 0.3) is 0 Å². The van der Waals surface area contributed by atoms with Crippen LogP contribution in [0.4, 0.5) is 0 Å². The number of aliphatic hydroxyl groups excluding tert-OH is 1. The van der Waals surface area contributed by atoms with E-state index in [1.807, 2.05) is 43.9 Å². The molecule has 0 aliphatic carbocycles. The van der Waals surface area contributed by atoms with Gasteiger partial charge in [-0.15, -0.1) is 0 Å². The zero-order valence-electron chi connectivity index (χ0n) is 12.7. The highest BCUT2D eigenvalue weighted by molar-refractivity contribution is 5.97. The van der Waals surface area contributed by atoms with Crippen LogP contribution in [0.1, 0.15) is 48.7 Å². The average molecular weight is 273 g/mol. The van der Waals surface area contributed by atoms with Crippen LogP contribution in [0.3, 0.4) is 0 Å². The lowest BCUT2D eigenvalue weighted by atomic mass is 10.0. The summed E-state index contributed by atoms with van der Waals surface area (Å²) in [5.74, 6) is 5.50. The van der Waals surface area contributed by atoms with E-state index in [0.29, 0.717) is 11.1 Å². The lowest BCUT2D eigenvalue weighted by molar-refractivity contribution is 0.0705. The Morgan fingerprint density at radius 2 is 2.10 bits per heavy atom. The smallest absolute Gasteiger partial charge is 0.255 e. The molecular weight excluding hydrogens is 250 g/mol. The second-order valence-corrected chi connectivity index (χ2v) is 5.10. The Morgan fingerprint density at radius 3 is 2.65 bits per heavy atom. The third-order valence-electron chi connectivity index (χ3n) is 3.06. The van der Waals surface area contributed by atoms with Crippen molar-refractivity contribution in [3.8, 4) is 11.8 Å². The predicted molar refractivity (Wildman–Crippen MR) is 81.6 cm³/mol. The number of nitrogens with zero attached hydrogens (tertiary/aromatic N) is 1. The first-order valence-corrected chi connectivity index (χ1v) is 7.02. The van der Waals surface area contributed by atoms with Crippen LogP contribution in [0.5, 0.6) is 0 Å². The zero-order valence-corrected chi connectivity index (χ0v) is 12.7. The van der Waals surface area contributed by atoms with E-state index in [4.69, 9.17) is 5.11 Å². The molecule has 3 nitrogen and oxygen atoms in total. The van der Waals surface area contributed by atoms with Crippen molar-refractivity contribution in [1.82, 2.24) is 4.90 Å². The molecule has 0 unspecified atom stereocenters. The van der Waals surface area contributed by atoms with Gasteiger partial charge in [-0.2, -0.15) is 0 Å². The summed E-state index contributed by atoms with van der Waals surface area (Å²) in [6.07, 6.45) is 0.924. The molecule has 1 rings (SSSR count). The van der Waals surface area contributed by atoms with Gasteiger partial charge in [-0.3, -0.25) is 4.79 Å². The Kier molecular flexibility index (Phi) is 6.27. The van der Waals surface area contributed by atoms with Gasteiger partial charge >= 0.3 is 0 Å². The van der Waals surface area contributed by atoms with Gasteiger partial charge in [-0.05, 0) is 44.9 Å². The van der Waals surface area contributed by atoms with Crippen molar-refractivity contribution in [2.45, 2.75) is 40.2 Å². The molecule has 0 fully saturated rings. The molecule has 0 atom stereocenters. The molecule has 0 spiro atoms. The Labute approximate surface area is 121 Å².